The highest BCUT2D eigenvalue weighted by atomic mass is 79.9. The highest BCUT2D eigenvalue weighted by Gasteiger charge is 2.24. The van der Waals surface area contributed by atoms with Crippen LogP contribution in [0.15, 0.2) is 22.7 Å². The molecule has 0 aliphatic carbocycles. The molecule has 1 aromatic carbocycles. The van der Waals surface area contributed by atoms with E-state index in [1.807, 2.05) is 25.3 Å². The maximum atomic E-state index is 14.1. The van der Waals surface area contributed by atoms with Crippen LogP contribution in [0.4, 0.5) is 4.39 Å². The molecule has 0 unspecified atom stereocenters. The third-order valence-electron chi connectivity index (χ3n) is 2.69. The summed E-state index contributed by atoms with van der Waals surface area (Å²) in [4.78, 5) is 0. The Morgan fingerprint density at radius 1 is 1.26 bits per heavy atom. The van der Waals surface area contributed by atoms with Gasteiger partial charge in [-0.1, -0.05) is 31.9 Å². The number of aromatic nitrogens is 3. The fraction of sp³-hybridized carbons (Fsp3) is 0.385. The van der Waals surface area contributed by atoms with Gasteiger partial charge in [0, 0.05) is 10.0 Å². The van der Waals surface area contributed by atoms with E-state index in [9.17, 15) is 4.39 Å². The minimum atomic E-state index is -0.312. The van der Waals surface area contributed by atoms with Gasteiger partial charge in [0.15, 0.2) is 5.82 Å². The van der Waals surface area contributed by atoms with Gasteiger partial charge in [0.05, 0.1) is 10.9 Å². The van der Waals surface area contributed by atoms with Crippen LogP contribution in [-0.2, 0) is 10.9 Å². The van der Waals surface area contributed by atoms with Crippen LogP contribution in [0, 0.1) is 5.82 Å². The van der Waals surface area contributed by atoms with Crippen molar-refractivity contribution in [2.24, 2.45) is 0 Å². The highest BCUT2D eigenvalue weighted by molar-refractivity contribution is 9.10. The number of alkyl halides is 1. The molecule has 3 nitrogen and oxygen atoms in total. The third-order valence-corrected chi connectivity index (χ3v) is 3.69. The van der Waals surface area contributed by atoms with E-state index in [1.54, 1.807) is 12.1 Å². The van der Waals surface area contributed by atoms with E-state index >= 15 is 0 Å². The topological polar surface area (TPSA) is 30.7 Å². The van der Waals surface area contributed by atoms with E-state index in [2.05, 4.69) is 42.1 Å². The lowest BCUT2D eigenvalue weighted by Gasteiger charge is -2.24. The van der Waals surface area contributed by atoms with Gasteiger partial charge in [-0.15, -0.1) is 10.2 Å². The predicted molar refractivity (Wildman–Crippen MR) is 80.7 cm³/mol. The second-order valence-corrected chi connectivity index (χ2v) is 6.68. The Kier molecular flexibility index (Phi) is 4.11. The van der Waals surface area contributed by atoms with Crippen LogP contribution < -0.4 is 0 Å². The van der Waals surface area contributed by atoms with Gasteiger partial charge >= 0.3 is 0 Å². The molecule has 1 heterocycles. The Morgan fingerprint density at radius 2 is 1.95 bits per heavy atom. The predicted octanol–water partition coefficient (Wildman–Crippen LogP) is 4.50. The summed E-state index contributed by atoms with van der Waals surface area (Å²) in [6, 6.07) is 4.95. The zero-order valence-corrected chi connectivity index (χ0v) is 14.1. The molecule has 0 bridgehead atoms. The molecule has 102 valence electrons. The first-order valence-corrected chi connectivity index (χ1v) is 7.72. The Labute approximate surface area is 128 Å². The maximum Gasteiger partial charge on any atom is 0.167 e. The van der Waals surface area contributed by atoms with Crippen molar-refractivity contribution in [1.82, 2.24) is 14.8 Å². The summed E-state index contributed by atoms with van der Waals surface area (Å²) >= 11 is 6.65. The normalized spacial score (nSPS) is 11.9. The van der Waals surface area contributed by atoms with E-state index in [0.717, 1.165) is 5.82 Å². The summed E-state index contributed by atoms with van der Waals surface area (Å²) in [5, 5.41) is 8.85. The molecule has 19 heavy (non-hydrogen) atoms. The quantitative estimate of drug-likeness (QED) is 0.707. The lowest BCUT2D eigenvalue weighted by atomic mass is 10.1. The molecule has 0 saturated heterocycles. The number of halogens is 3. The van der Waals surface area contributed by atoms with Crippen molar-refractivity contribution in [1.29, 1.82) is 0 Å². The maximum absolute atomic E-state index is 14.1. The minimum Gasteiger partial charge on any atom is -0.305 e. The molecule has 2 rings (SSSR count). The van der Waals surface area contributed by atoms with Gasteiger partial charge in [-0.25, -0.2) is 4.39 Å². The zero-order chi connectivity index (χ0) is 14.2. The zero-order valence-electron chi connectivity index (χ0n) is 10.9. The molecular weight excluding hydrogens is 377 g/mol. The van der Waals surface area contributed by atoms with Crippen LogP contribution in [0.3, 0.4) is 0 Å². The summed E-state index contributed by atoms with van der Waals surface area (Å²) in [6.45, 7) is 6.13. The molecule has 0 spiro atoms. The van der Waals surface area contributed by atoms with Gasteiger partial charge < -0.3 is 4.57 Å². The molecule has 0 fully saturated rings. The fourth-order valence-corrected chi connectivity index (χ4v) is 2.65. The Bertz CT molecular complexity index is 602. The number of rotatable bonds is 2. The van der Waals surface area contributed by atoms with E-state index in [-0.39, 0.29) is 11.4 Å². The highest BCUT2D eigenvalue weighted by Crippen LogP contribution is 2.29. The Morgan fingerprint density at radius 3 is 2.47 bits per heavy atom. The standard InChI is InChI=1S/C13H14Br2FN3/c1-13(2,3)19-11(7-14)17-18-12(19)9-5-4-8(15)6-10(9)16/h4-6H,7H2,1-3H3. The summed E-state index contributed by atoms with van der Waals surface area (Å²) in [6.07, 6.45) is 0. The summed E-state index contributed by atoms with van der Waals surface area (Å²) in [5.41, 5.74) is 0.236. The first-order chi connectivity index (χ1) is 8.84. The smallest absolute Gasteiger partial charge is 0.167 e. The first kappa shape index (κ1) is 14.7. The molecule has 0 amide bonds. The van der Waals surface area contributed by atoms with Crippen LogP contribution >= 0.6 is 31.9 Å². The van der Waals surface area contributed by atoms with Crippen molar-refractivity contribution in [2.75, 3.05) is 0 Å². The molecule has 2 aromatic rings. The second-order valence-electron chi connectivity index (χ2n) is 5.20. The van der Waals surface area contributed by atoms with E-state index < -0.39 is 0 Å². The van der Waals surface area contributed by atoms with Gasteiger partial charge in [-0.3, -0.25) is 0 Å². The lowest BCUT2D eigenvalue weighted by Crippen LogP contribution is -2.25. The molecule has 0 aliphatic heterocycles. The van der Waals surface area contributed by atoms with Crippen LogP contribution in [0.25, 0.3) is 11.4 Å². The number of hydrogen-bond acceptors (Lipinski definition) is 2. The number of hydrogen-bond donors (Lipinski definition) is 0. The van der Waals surface area contributed by atoms with E-state index in [0.29, 0.717) is 21.2 Å². The third kappa shape index (κ3) is 2.89. The van der Waals surface area contributed by atoms with Crippen molar-refractivity contribution in [3.8, 4) is 11.4 Å². The molecule has 1 aromatic heterocycles. The fourth-order valence-electron chi connectivity index (χ4n) is 1.95. The van der Waals surface area contributed by atoms with E-state index in [4.69, 9.17) is 0 Å². The first-order valence-electron chi connectivity index (χ1n) is 5.80. The number of benzene rings is 1. The van der Waals surface area contributed by atoms with Crippen LogP contribution in [0.1, 0.15) is 26.6 Å². The van der Waals surface area contributed by atoms with Crippen molar-refractivity contribution >= 4 is 31.9 Å². The monoisotopic (exact) mass is 389 g/mol. The molecule has 0 saturated carbocycles. The average Bonchev–Trinajstić information content (AvgIpc) is 2.72. The van der Waals surface area contributed by atoms with Crippen molar-refractivity contribution in [2.45, 2.75) is 31.6 Å². The SMILES string of the molecule is CC(C)(C)n1c(CBr)nnc1-c1ccc(Br)cc1F. The largest absolute Gasteiger partial charge is 0.305 e. The van der Waals surface area contributed by atoms with Crippen LogP contribution in [0.5, 0.6) is 0 Å². The minimum absolute atomic E-state index is 0.221. The molecule has 6 heteroatoms. The molecule has 0 aliphatic rings. The average molecular weight is 391 g/mol. The van der Waals surface area contributed by atoms with Gasteiger partial charge in [0.2, 0.25) is 0 Å². The summed E-state index contributed by atoms with van der Waals surface area (Å²) < 4.78 is 16.8. The van der Waals surface area contributed by atoms with Crippen molar-refractivity contribution in [3.05, 3.63) is 34.3 Å². The summed E-state index contributed by atoms with van der Waals surface area (Å²) in [5.74, 6) is 1.02. The summed E-state index contributed by atoms with van der Waals surface area (Å²) in [7, 11) is 0. The van der Waals surface area contributed by atoms with Gasteiger partial charge in [0.1, 0.15) is 11.6 Å². The van der Waals surface area contributed by atoms with E-state index in [1.165, 1.54) is 6.07 Å². The van der Waals surface area contributed by atoms with Crippen molar-refractivity contribution < 1.29 is 4.39 Å². The Hall–Kier alpha value is -0.750. The van der Waals surface area contributed by atoms with Gasteiger partial charge in [-0.05, 0) is 39.0 Å². The lowest BCUT2D eigenvalue weighted by molar-refractivity contribution is 0.390. The Balaban J connectivity index is 2.66. The van der Waals surface area contributed by atoms with Crippen molar-refractivity contribution in [3.63, 3.8) is 0 Å². The molecule has 0 atom stereocenters. The second kappa shape index (κ2) is 5.32. The molecule has 0 radical (unpaired) electrons. The van der Waals surface area contributed by atoms with Gasteiger partial charge in [-0.2, -0.15) is 0 Å². The van der Waals surface area contributed by atoms with Crippen LogP contribution in [0.2, 0.25) is 0 Å². The number of nitrogens with zero attached hydrogens (tertiary/aromatic N) is 3. The van der Waals surface area contributed by atoms with Crippen LogP contribution in [-0.4, -0.2) is 14.8 Å². The van der Waals surface area contributed by atoms with Gasteiger partial charge in [0.25, 0.3) is 0 Å². The molecular formula is C13H14Br2FN3. The molecule has 0 N–H and O–H groups in total.